The van der Waals surface area contributed by atoms with Crippen LogP contribution in [0.3, 0.4) is 0 Å². The lowest BCUT2D eigenvalue weighted by molar-refractivity contribution is 0.174. The molecule has 0 bridgehead atoms. The zero-order chi connectivity index (χ0) is 11.2. The van der Waals surface area contributed by atoms with Crippen molar-refractivity contribution >= 4 is 11.0 Å². The highest BCUT2D eigenvalue weighted by molar-refractivity contribution is 5.82. The van der Waals surface area contributed by atoms with Gasteiger partial charge in [-0.2, -0.15) is 0 Å². The van der Waals surface area contributed by atoms with Crippen LogP contribution in [-0.4, -0.2) is 27.1 Å². The lowest BCUT2D eigenvalue weighted by Gasteiger charge is -1.93. The zero-order valence-electron chi connectivity index (χ0n) is 8.51. The molecule has 0 atom stereocenters. The molecule has 1 aliphatic rings. The summed E-state index contributed by atoms with van der Waals surface area (Å²) in [6, 6.07) is 3.67. The van der Waals surface area contributed by atoms with Gasteiger partial charge in [0.1, 0.15) is 6.20 Å². The zero-order valence-corrected chi connectivity index (χ0v) is 8.51. The van der Waals surface area contributed by atoms with Gasteiger partial charge in [0.2, 0.25) is 6.79 Å². The number of hydrogen-bond acceptors (Lipinski definition) is 6. The Hall–Kier alpha value is -2.57. The number of nitrogens with zero attached hydrogens (tertiary/aromatic N) is 3. The van der Waals surface area contributed by atoms with E-state index in [1.54, 1.807) is 0 Å². The lowest BCUT2D eigenvalue weighted by Crippen LogP contribution is -1.92. The van der Waals surface area contributed by atoms with Crippen LogP contribution in [0.2, 0.25) is 0 Å². The Labute approximate surface area is 94.3 Å². The van der Waals surface area contributed by atoms with Crippen molar-refractivity contribution < 1.29 is 14.1 Å². The van der Waals surface area contributed by atoms with Gasteiger partial charge < -0.3 is 14.5 Å². The molecule has 3 heterocycles. The molecule has 84 valence electrons. The van der Waals surface area contributed by atoms with Crippen molar-refractivity contribution in [3.05, 3.63) is 18.3 Å². The summed E-state index contributed by atoms with van der Waals surface area (Å²) in [4.78, 5) is 7.50. The van der Waals surface area contributed by atoms with Crippen molar-refractivity contribution in [3.63, 3.8) is 0 Å². The van der Waals surface area contributed by atoms with Crippen molar-refractivity contribution in [1.82, 2.24) is 20.3 Å². The van der Waals surface area contributed by atoms with Crippen LogP contribution < -0.4 is 9.47 Å². The Morgan fingerprint density at radius 2 is 2.06 bits per heavy atom. The van der Waals surface area contributed by atoms with Crippen LogP contribution in [0, 0.1) is 0 Å². The van der Waals surface area contributed by atoms with Gasteiger partial charge in [-0.15, -0.1) is 0 Å². The number of aromatic amines is 1. The monoisotopic (exact) mass is 230 g/mol. The topological polar surface area (TPSA) is 86.1 Å². The molecule has 0 spiro atoms. The van der Waals surface area contributed by atoms with Crippen LogP contribution >= 0.6 is 0 Å². The largest absolute Gasteiger partial charge is 0.454 e. The van der Waals surface area contributed by atoms with Gasteiger partial charge in [0.25, 0.3) is 0 Å². The van der Waals surface area contributed by atoms with Gasteiger partial charge in [0.15, 0.2) is 23.0 Å². The van der Waals surface area contributed by atoms with E-state index >= 15 is 0 Å². The molecule has 3 aromatic rings. The molecule has 0 saturated heterocycles. The summed E-state index contributed by atoms with van der Waals surface area (Å²) in [5, 5.41) is 7.25. The summed E-state index contributed by atoms with van der Waals surface area (Å²) in [6.07, 6.45) is 1.50. The number of aromatic nitrogens is 4. The smallest absolute Gasteiger partial charge is 0.231 e. The normalized spacial score (nSPS) is 13.4. The van der Waals surface area contributed by atoms with E-state index in [9.17, 15) is 0 Å². The maximum Gasteiger partial charge on any atom is 0.231 e. The van der Waals surface area contributed by atoms with E-state index in [0.29, 0.717) is 23.0 Å². The van der Waals surface area contributed by atoms with Crippen LogP contribution in [0.5, 0.6) is 11.5 Å². The van der Waals surface area contributed by atoms with Crippen LogP contribution in [0.25, 0.3) is 22.6 Å². The third kappa shape index (κ3) is 1.19. The number of fused-ring (bicyclic) bond motifs is 2. The minimum absolute atomic E-state index is 0.252. The number of ether oxygens (including phenoxy) is 2. The predicted octanol–water partition coefficient (Wildman–Crippen LogP) is 1.34. The Morgan fingerprint density at radius 3 is 2.88 bits per heavy atom. The van der Waals surface area contributed by atoms with Crippen molar-refractivity contribution in [3.8, 4) is 23.0 Å². The number of nitrogens with one attached hydrogen (secondary N) is 1. The van der Waals surface area contributed by atoms with Crippen molar-refractivity contribution in [2.75, 3.05) is 6.79 Å². The third-order valence-corrected chi connectivity index (χ3v) is 2.58. The molecule has 4 rings (SSSR count). The molecule has 0 fully saturated rings. The average Bonchev–Trinajstić information content (AvgIpc) is 3.05. The van der Waals surface area contributed by atoms with E-state index in [2.05, 4.69) is 24.9 Å². The molecule has 0 radical (unpaired) electrons. The number of imidazole rings is 1. The summed E-state index contributed by atoms with van der Waals surface area (Å²) >= 11 is 0. The average molecular weight is 230 g/mol. The van der Waals surface area contributed by atoms with E-state index in [4.69, 9.17) is 9.47 Å². The molecule has 1 aliphatic heterocycles. The highest BCUT2D eigenvalue weighted by Crippen LogP contribution is 2.35. The van der Waals surface area contributed by atoms with E-state index < -0.39 is 0 Å². The van der Waals surface area contributed by atoms with Gasteiger partial charge in [-0.3, -0.25) is 0 Å². The first-order chi connectivity index (χ1) is 8.40. The Bertz CT molecular complexity index is 648. The Kier molecular flexibility index (Phi) is 1.50. The summed E-state index contributed by atoms with van der Waals surface area (Å²) in [6.45, 7) is 0.252. The lowest BCUT2D eigenvalue weighted by atomic mass is 10.3. The Balaban J connectivity index is 1.93. The van der Waals surface area contributed by atoms with E-state index in [1.807, 2.05) is 12.1 Å². The summed E-state index contributed by atoms with van der Waals surface area (Å²) < 4.78 is 15.1. The highest BCUT2D eigenvalue weighted by Gasteiger charge is 2.17. The van der Waals surface area contributed by atoms with Gasteiger partial charge in [-0.1, -0.05) is 5.16 Å². The van der Waals surface area contributed by atoms with E-state index in [-0.39, 0.29) is 6.79 Å². The molecule has 17 heavy (non-hydrogen) atoms. The molecular weight excluding hydrogens is 224 g/mol. The van der Waals surface area contributed by atoms with Crippen molar-refractivity contribution in [2.45, 2.75) is 0 Å². The minimum Gasteiger partial charge on any atom is -0.454 e. The molecule has 2 aromatic heterocycles. The number of rotatable bonds is 1. The fourth-order valence-electron chi connectivity index (χ4n) is 1.79. The Morgan fingerprint density at radius 1 is 1.18 bits per heavy atom. The third-order valence-electron chi connectivity index (χ3n) is 2.58. The first-order valence-electron chi connectivity index (χ1n) is 4.97. The quantitative estimate of drug-likeness (QED) is 0.678. The van der Waals surface area contributed by atoms with E-state index in [0.717, 1.165) is 11.0 Å². The molecular formula is C10H6N4O3. The second-order valence-electron chi connectivity index (χ2n) is 3.60. The molecule has 7 heteroatoms. The van der Waals surface area contributed by atoms with Crippen LogP contribution in [0.4, 0.5) is 0 Å². The molecule has 7 nitrogen and oxygen atoms in total. The fraction of sp³-hybridized carbons (Fsp3) is 0.100. The van der Waals surface area contributed by atoms with Gasteiger partial charge in [-0.25, -0.2) is 9.61 Å². The molecule has 0 aliphatic carbocycles. The number of H-pyrrole nitrogens is 1. The van der Waals surface area contributed by atoms with E-state index in [1.165, 1.54) is 6.20 Å². The summed E-state index contributed by atoms with van der Waals surface area (Å²) in [5.74, 6) is 2.02. The number of hydrogen-bond donors (Lipinski definition) is 1. The van der Waals surface area contributed by atoms with Crippen LogP contribution in [0.15, 0.2) is 23.0 Å². The highest BCUT2D eigenvalue weighted by atomic mass is 16.7. The van der Waals surface area contributed by atoms with Crippen molar-refractivity contribution in [2.24, 2.45) is 0 Å². The SMILES string of the molecule is c1nonc1-c1nc2cc3c(cc2[nH]1)OCO3. The first-order valence-corrected chi connectivity index (χ1v) is 4.97. The molecule has 0 saturated carbocycles. The molecule has 1 N–H and O–H groups in total. The second-order valence-corrected chi connectivity index (χ2v) is 3.60. The van der Waals surface area contributed by atoms with Crippen molar-refractivity contribution in [1.29, 1.82) is 0 Å². The van der Waals surface area contributed by atoms with Gasteiger partial charge in [-0.05, 0) is 5.16 Å². The maximum absolute atomic E-state index is 5.29. The van der Waals surface area contributed by atoms with Gasteiger partial charge in [0, 0.05) is 12.1 Å². The standard InChI is InChI=1S/C10H6N4O3/c1-5-6(2-9-8(1)15-4-16-9)13-10(12-5)7-3-11-17-14-7/h1-3H,4H2,(H,12,13). The fourth-order valence-corrected chi connectivity index (χ4v) is 1.79. The molecule has 1 aromatic carbocycles. The second kappa shape index (κ2) is 2.97. The molecule has 0 amide bonds. The molecule has 0 unspecified atom stereocenters. The first kappa shape index (κ1) is 8.57. The number of benzene rings is 1. The predicted molar refractivity (Wildman–Crippen MR) is 55.5 cm³/mol. The van der Waals surface area contributed by atoms with Crippen LogP contribution in [0.1, 0.15) is 0 Å². The summed E-state index contributed by atoms with van der Waals surface area (Å²) in [7, 11) is 0. The maximum atomic E-state index is 5.29. The van der Waals surface area contributed by atoms with Crippen LogP contribution in [-0.2, 0) is 0 Å². The minimum atomic E-state index is 0.252. The van der Waals surface area contributed by atoms with Gasteiger partial charge in [0.05, 0.1) is 11.0 Å². The summed E-state index contributed by atoms with van der Waals surface area (Å²) in [5.41, 5.74) is 2.20. The van der Waals surface area contributed by atoms with Gasteiger partial charge >= 0.3 is 0 Å².